The number of nitro benzene ring substituents is 1. The van der Waals surface area contributed by atoms with Crippen molar-refractivity contribution >= 4 is 11.4 Å². The van der Waals surface area contributed by atoms with Gasteiger partial charge in [0.25, 0.3) is 0 Å². The van der Waals surface area contributed by atoms with E-state index in [1.165, 1.54) is 6.07 Å². The molecule has 1 aromatic rings. The van der Waals surface area contributed by atoms with Crippen molar-refractivity contribution in [3.8, 4) is 0 Å². The molecule has 1 unspecified atom stereocenters. The zero-order valence-electron chi connectivity index (χ0n) is 11.5. The molecule has 0 aromatic heterocycles. The lowest BCUT2D eigenvalue weighted by atomic mass is 9.80. The monoisotopic (exact) mass is 266 g/mol. The highest BCUT2D eigenvalue weighted by molar-refractivity contribution is 5.64. The first kappa shape index (κ1) is 13.8. The summed E-state index contributed by atoms with van der Waals surface area (Å²) < 4.78 is 13.6. The van der Waals surface area contributed by atoms with E-state index in [2.05, 4.69) is 20.8 Å². The smallest absolute Gasteiger partial charge is 0.327 e. The zero-order valence-corrected chi connectivity index (χ0v) is 11.5. The molecule has 1 atom stereocenters. The molecule has 1 fully saturated rings. The SMILES string of the molecule is CC(C)(C)C1CCN(c2cccc(F)c2[N+](=O)[O-])C1. The van der Waals surface area contributed by atoms with Crippen LogP contribution in [0.1, 0.15) is 27.2 Å². The first-order valence-corrected chi connectivity index (χ1v) is 6.48. The van der Waals surface area contributed by atoms with E-state index in [0.717, 1.165) is 25.6 Å². The normalized spacial score (nSPS) is 19.8. The Bertz CT molecular complexity index is 497. The van der Waals surface area contributed by atoms with Gasteiger partial charge in [-0.05, 0) is 29.9 Å². The van der Waals surface area contributed by atoms with Gasteiger partial charge in [-0.3, -0.25) is 10.1 Å². The molecule has 0 bridgehead atoms. The van der Waals surface area contributed by atoms with E-state index in [9.17, 15) is 14.5 Å². The summed E-state index contributed by atoms with van der Waals surface area (Å²) in [5, 5.41) is 11.0. The van der Waals surface area contributed by atoms with Gasteiger partial charge in [0.15, 0.2) is 0 Å². The molecule has 0 radical (unpaired) electrons. The van der Waals surface area contributed by atoms with Crippen LogP contribution in [-0.2, 0) is 0 Å². The van der Waals surface area contributed by atoms with Crippen LogP contribution in [0.25, 0.3) is 0 Å². The predicted octanol–water partition coefficient (Wildman–Crippen LogP) is 3.61. The second-order valence-corrected chi connectivity index (χ2v) is 6.16. The third-order valence-electron chi connectivity index (χ3n) is 3.90. The number of para-hydroxylation sites is 1. The lowest BCUT2D eigenvalue weighted by Gasteiger charge is -2.27. The van der Waals surface area contributed by atoms with Crippen LogP contribution in [0.5, 0.6) is 0 Å². The van der Waals surface area contributed by atoms with Crippen LogP contribution >= 0.6 is 0 Å². The molecule has 0 saturated carbocycles. The van der Waals surface area contributed by atoms with Gasteiger partial charge in [0.05, 0.1) is 4.92 Å². The molecule has 4 nitrogen and oxygen atoms in total. The fourth-order valence-corrected chi connectivity index (χ4v) is 2.63. The van der Waals surface area contributed by atoms with Gasteiger partial charge in [0.2, 0.25) is 5.82 Å². The van der Waals surface area contributed by atoms with Crippen molar-refractivity contribution in [1.29, 1.82) is 0 Å². The van der Waals surface area contributed by atoms with Crippen LogP contribution < -0.4 is 4.90 Å². The summed E-state index contributed by atoms with van der Waals surface area (Å²) in [7, 11) is 0. The van der Waals surface area contributed by atoms with Crippen LogP contribution in [0.15, 0.2) is 18.2 Å². The van der Waals surface area contributed by atoms with Crippen molar-refractivity contribution in [2.75, 3.05) is 18.0 Å². The maximum atomic E-state index is 13.6. The minimum absolute atomic E-state index is 0.164. The fourth-order valence-electron chi connectivity index (χ4n) is 2.63. The molecule has 1 aliphatic heterocycles. The van der Waals surface area contributed by atoms with Gasteiger partial charge >= 0.3 is 5.69 Å². The maximum absolute atomic E-state index is 13.6. The van der Waals surface area contributed by atoms with E-state index in [1.54, 1.807) is 6.07 Å². The van der Waals surface area contributed by atoms with Gasteiger partial charge in [0.1, 0.15) is 5.69 Å². The van der Waals surface area contributed by atoms with Crippen molar-refractivity contribution in [2.45, 2.75) is 27.2 Å². The molecule has 19 heavy (non-hydrogen) atoms. The summed E-state index contributed by atoms with van der Waals surface area (Å²) in [6.45, 7) is 7.99. The van der Waals surface area contributed by atoms with Gasteiger partial charge in [-0.2, -0.15) is 4.39 Å². The number of anilines is 1. The highest BCUT2D eigenvalue weighted by Crippen LogP contribution is 2.39. The molecule has 1 aromatic carbocycles. The molecule has 0 N–H and O–H groups in total. The van der Waals surface area contributed by atoms with Crippen molar-refractivity contribution in [3.05, 3.63) is 34.1 Å². The number of halogens is 1. The first-order chi connectivity index (χ1) is 8.80. The minimum atomic E-state index is -0.762. The quantitative estimate of drug-likeness (QED) is 0.607. The summed E-state index contributed by atoms with van der Waals surface area (Å²) in [6.07, 6.45) is 0.983. The Balaban J connectivity index is 2.30. The third-order valence-corrected chi connectivity index (χ3v) is 3.90. The van der Waals surface area contributed by atoms with E-state index in [1.807, 2.05) is 4.90 Å². The van der Waals surface area contributed by atoms with Gasteiger partial charge in [0, 0.05) is 13.1 Å². The average molecular weight is 266 g/mol. The lowest BCUT2D eigenvalue weighted by Crippen LogP contribution is -2.26. The summed E-state index contributed by atoms with van der Waals surface area (Å²) >= 11 is 0. The highest BCUT2D eigenvalue weighted by atomic mass is 19.1. The fraction of sp³-hybridized carbons (Fsp3) is 0.571. The summed E-state index contributed by atoms with van der Waals surface area (Å²) in [5.41, 5.74) is 0.158. The molecule has 1 saturated heterocycles. The second-order valence-electron chi connectivity index (χ2n) is 6.16. The molecular weight excluding hydrogens is 247 g/mol. The second kappa shape index (κ2) is 4.79. The van der Waals surface area contributed by atoms with Crippen LogP contribution in [0.4, 0.5) is 15.8 Å². The zero-order chi connectivity index (χ0) is 14.2. The Kier molecular flexibility index (Phi) is 3.47. The first-order valence-electron chi connectivity index (χ1n) is 6.48. The Morgan fingerprint density at radius 3 is 2.63 bits per heavy atom. The standard InChI is InChI=1S/C14H19FN2O2/c1-14(2,3)10-7-8-16(9-10)12-6-4-5-11(15)13(12)17(18)19/h4-6,10H,7-9H2,1-3H3. The molecule has 0 amide bonds. The Morgan fingerprint density at radius 1 is 1.42 bits per heavy atom. The molecule has 104 valence electrons. The molecule has 2 rings (SSSR count). The van der Waals surface area contributed by atoms with Crippen LogP contribution in [0.2, 0.25) is 0 Å². The van der Waals surface area contributed by atoms with Gasteiger partial charge in [-0.1, -0.05) is 26.8 Å². The van der Waals surface area contributed by atoms with Gasteiger partial charge in [-0.25, -0.2) is 0 Å². The predicted molar refractivity (Wildman–Crippen MR) is 72.8 cm³/mol. The summed E-state index contributed by atoms with van der Waals surface area (Å²) in [5.74, 6) is -0.294. The molecule has 5 heteroatoms. The molecule has 0 spiro atoms. The Morgan fingerprint density at radius 2 is 2.11 bits per heavy atom. The van der Waals surface area contributed by atoms with Crippen molar-refractivity contribution in [1.82, 2.24) is 0 Å². The van der Waals surface area contributed by atoms with Gasteiger partial charge < -0.3 is 4.90 Å². The minimum Gasteiger partial charge on any atom is -0.366 e. The highest BCUT2D eigenvalue weighted by Gasteiger charge is 2.34. The average Bonchev–Trinajstić information content (AvgIpc) is 2.76. The van der Waals surface area contributed by atoms with E-state index in [0.29, 0.717) is 11.6 Å². The molecule has 1 heterocycles. The molecule has 1 aliphatic rings. The molecular formula is C14H19FN2O2. The Hall–Kier alpha value is -1.65. The van der Waals surface area contributed by atoms with E-state index in [-0.39, 0.29) is 5.41 Å². The van der Waals surface area contributed by atoms with Crippen molar-refractivity contribution in [2.24, 2.45) is 11.3 Å². The van der Waals surface area contributed by atoms with E-state index >= 15 is 0 Å². The number of nitro groups is 1. The van der Waals surface area contributed by atoms with Crippen LogP contribution in [0.3, 0.4) is 0 Å². The van der Waals surface area contributed by atoms with Crippen LogP contribution in [0, 0.1) is 27.3 Å². The largest absolute Gasteiger partial charge is 0.366 e. The van der Waals surface area contributed by atoms with E-state index in [4.69, 9.17) is 0 Å². The number of benzene rings is 1. The van der Waals surface area contributed by atoms with Crippen LogP contribution in [-0.4, -0.2) is 18.0 Å². The third kappa shape index (κ3) is 2.69. The number of rotatable bonds is 2. The number of nitrogens with zero attached hydrogens (tertiary/aromatic N) is 2. The molecule has 0 aliphatic carbocycles. The van der Waals surface area contributed by atoms with Crippen molar-refractivity contribution in [3.63, 3.8) is 0 Å². The Labute approximate surface area is 112 Å². The summed E-state index contributed by atoms with van der Waals surface area (Å²) in [4.78, 5) is 12.3. The topological polar surface area (TPSA) is 46.4 Å². The maximum Gasteiger partial charge on any atom is 0.327 e. The van der Waals surface area contributed by atoms with Gasteiger partial charge in [-0.15, -0.1) is 0 Å². The van der Waals surface area contributed by atoms with Crippen molar-refractivity contribution < 1.29 is 9.31 Å². The summed E-state index contributed by atoms with van der Waals surface area (Å²) in [6, 6.07) is 4.30. The number of hydrogen-bond donors (Lipinski definition) is 0. The van der Waals surface area contributed by atoms with E-state index < -0.39 is 16.4 Å². The lowest BCUT2D eigenvalue weighted by molar-refractivity contribution is -0.386. The number of hydrogen-bond acceptors (Lipinski definition) is 3.